The van der Waals surface area contributed by atoms with Gasteiger partial charge in [0.05, 0.1) is 27.9 Å². The van der Waals surface area contributed by atoms with Gasteiger partial charge in [-0.3, -0.25) is 0 Å². The Balaban J connectivity index is 2.19. The van der Waals surface area contributed by atoms with Gasteiger partial charge in [-0.25, -0.2) is 0 Å². The maximum absolute atomic E-state index is 9.87. The molecule has 1 aliphatic heterocycles. The number of fused-ring (bicyclic) bond motifs is 2. The van der Waals surface area contributed by atoms with E-state index in [1.54, 1.807) is 27.4 Å². The SMILES string of the molecule is COc1cc2c(cc1OC)C(CO)c1cccc(OC)c1O2. The molecule has 0 fully saturated rings. The summed E-state index contributed by atoms with van der Waals surface area (Å²) in [5.74, 6) is 2.88. The zero-order valence-electron chi connectivity index (χ0n) is 12.8. The first-order valence-corrected chi connectivity index (χ1v) is 6.95. The molecule has 116 valence electrons. The van der Waals surface area contributed by atoms with Crippen LogP contribution < -0.4 is 18.9 Å². The lowest BCUT2D eigenvalue weighted by atomic mass is 9.88. The smallest absolute Gasteiger partial charge is 0.173 e. The van der Waals surface area contributed by atoms with Crippen LogP contribution in [0.2, 0.25) is 0 Å². The highest BCUT2D eigenvalue weighted by Crippen LogP contribution is 2.50. The van der Waals surface area contributed by atoms with Gasteiger partial charge in [0.25, 0.3) is 0 Å². The highest BCUT2D eigenvalue weighted by atomic mass is 16.5. The second kappa shape index (κ2) is 5.77. The van der Waals surface area contributed by atoms with Crippen LogP contribution in [0.4, 0.5) is 0 Å². The molecule has 1 N–H and O–H groups in total. The predicted molar refractivity (Wildman–Crippen MR) is 81.5 cm³/mol. The fourth-order valence-corrected chi connectivity index (χ4v) is 2.79. The highest BCUT2D eigenvalue weighted by molar-refractivity contribution is 5.62. The Morgan fingerprint density at radius 3 is 2.27 bits per heavy atom. The van der Waals surface area contributed by atoms with Crippen molar-refractivity contribution >= 4 is 0 Å². The van der Waals surface area contributed by atoms with Gasteiger partial charge in [-0.1, -0.05) is 12.1 Å². The van der Waals surface area contributed by atoms with Crippen molar-refractivity contribution in [1.29, 1.82) is 0 Å². The molecule has 0 amide bonds. The summed E-state index contributed by atoms with van der Waals surface area (Å²) >= 11 is 0. The number of aliphatic hydroxyl groups is 1. The Bertz CT molecular complexity index is 696. The standard InChI is InChI=1S/C17H18O5/c1-19-13-6-4-5-10-12(9-18)11-7-15(20-2)16(21-3)8-14(11)22-17(10)13/h4-8,12,18H,9H2,1-3H3. The monoisotopic (exact) mass is 302 g/mol. The van der Waals surface area contributed by atoms with E-state index in [-0.39, 0.29) is 12.5 Å². The number of rotatable bonds is 4. The van der Waals surface area contributed by atoms with Crippen LogP contribution in [-0.4, -0.2) is 33.0 Å². The first-order valence-electron chi connectivity index (χ1n) is 6.95. The molecule has 1 aliphatic rings. The lowest BCUT2D eigenvalue weighted by Crippen LogP contribution is -2.14. The number of aliphatic hydroxyl groups excluding tert-OH is 1. The van der Waals surface area contributed by atoms with Crippen LogP contribution in [0.3, 0.4) is 0 Å². The van der Waals surface area contributed by atoms with E-state index in [4.69, 9.17) is 18.9 Å². The van der Waals surface area contributed by atoms with Crippen molar-refractivity contribution in [1.82, 2.24) is 0 Å². The molecule has 0 spiro atoms. The molecule has 0 radical (unpaired) electrons. The number of ether oxygens (including phenoxy) is 4. The molecule has 0 saturated carbocycles. The molecular weight excluding hydrogens is 284 g/mol. The number of benzene rings is 2. The molecule has 3 rings (SSSR count). The second-order valence-electron chi connectivity index (χ2n) is 4.96. The quantitative estimate of drug-likeness (QED) is 0.941. The average Bonchev–Trinajstić information content (AvgIpc) is 2.57. The first kappa shape index (κ1) is 14.5. The maximum atomic E-state index is 9.87. The molecule has 22 heavy (non-hydrogen) atoms. The summed E-state index contributed by atoms with van der Waals surface area (Å²) in [7, 11) is 4.75. The Kier molecular flexibility index (Phi) is 3.81. The third-order valence-electron chi connectivity index (χ3n) is 3.89. The van der Waals surface area contributed by atoms with E-state index in [1.807, 2.05) is 24.3 Å². The Morgan fingerprint density at radius 1 is 0.955 bits per heavy atom. The van der Waals surface area contributed by atoms with Gasteiger partial charge < -0.3 is 24.1 Å². The van der Waals surface area contributed by atoms with Crippen molar-refractivity contribution in [2.45, 2.75) is 5.92 Å². The van der Waals surface area contributed by atoms with Crippen LogP contribution in [-0.2, 0) is 0 Å². The normalized spacial score (nSPS) is 15.4. The van der Waals surface area contributed by atoms with Crippen LogP contribution in [0.25, 0.3) is 0 Å². The zero-order chi connectivity index (χ0) is 15.7. The van der Waals surface area contributed by atoms with E-state index < -0.39 is 0 Å². The largest absolute Gasteiger partial charge is 0.493 e. The fraction of sp³-hybridized carbons (Fsp3) is 0.294. The average molecular weight is 302 g/mol. The van der Waals surface area contributed by atoms with Crippen LogP contribution in [0, 0.1) is 0 Å². The molecule has 5 heteroatoms. The van der Waals surface area contributed by atoms with E-state index in [0.29, 0.717) is 28.7 Å². The van der Waals surface area contributed by atoms with Gasteiger partial charge in [-0.15, -0.1) is 0 Å². The van der Waals surface area contributed by atoms with Crippen molar-refractivity contribution in [2.24, 2.45) is 0 Å². The Hall–Kier alpha value is -2.40. The number of hydrogen-bond acceptors (Lipinski definition) is 5. The van der Waals surface area contributed by atoms with Crippen molar-refractivity contribution < 1.29 is 24.1 Å². The summed E-state index contributed by atoms with van der Waals surface area (Å²) in [4.78, 5) is 0. The molecular formula is C17H18O5. The molecule has 0 aliphatic carbocycles. The third-order valence-corrected chi connectivity index (χ3v) is 3.89. The van der Waals surface area contributed by atoms with E-state index in [1.165, 1.54) is 0 Å². The fourth-order valence-electron chi connectivity index (χ4n) is 2.79. The molecule has 1 heterocycles. The van der Waals surface area contributed by atoms with Gasteiger partial charge in [0.15, 0.2) is 23.0 Å². The summed E-state index contributed by atoms with van der Waals surface area (Å²) in [5, 5.41) is 9.87. The van der Waals surface area contributed by atoms with Gasteiger partial charge in [-0.05, 0) is 12.1 Å². The van der Waals surface area contributed by atoms with Gasteiger partial charge in [0.1, 0.15) is 5.75 Å². The number of methoxy groups -OCH3 is 3. The summed E-state index contributed by atoms with van der Waals surface area (Å²) in [5.41, 5.74) is 1.75. The lowest BCUT2D eigenvalue weighted by Gasteiger charge is -2.29. The van der Waals surface area contributed by atoms with Crippen LogP contribution >= 0.6 is 0 Å². The van der Waals surface area contributed by atoms with Gasteiger partial charge in [0.2, 0.25) is 0 Å². The first-order chi connectivity index (χ1) is 10.7. The van der Waals surface area contributed by atoms with E-state index >= 15 is 0 Å². The van der Waals surface area contributed by atoms with E-state index in [2.05, 4.69) is 0 Å². The van der Waals surface area contributed by atoms with Crippen LogP contribution in [0.5, 0.6) is 28.7 Å². The van der Waals surface area contributed by atoms with Gasteiger partial charge in [0, 0.05) is 23.1 Å². The van der Waals surface area contributed by atoms with E-state index in [0.717, 1.165) is 11.1 Å². The highest BCUT2D eigenvalue weighted by Gasteiger charge is 2.30. The van der Waals surface area contributed by atoms with Crippen molar-refractivity contribution in [3.05, 3.63) is 41.5 Å². The zero-order valence-corrected chi connectivity index (χ0v) is 12.8. The van der Waals surface area contributed by atoms with Crippen molar-refractivity contribution in [2.75, 3.05) is 27.9 Å². The molecule has 0 aromatic heterocycles. The molecule has 1 unspecified atom stereocenters. The summed E-state index contributed by atoms with van der Waals surface area (Å²) in [6.45, 7) is -0.0357. The van der Waals surface area contributed by atoms with Gasteiger partial charge >= 0.3 is 0 Å². The molecule has 0 bridgehead atoms. The number of hydrogen-bond donors (Lipinski definition) is 1. The number of para-hydroxylation sites is 1. The lowest BCUT2D eigenvalue weighted by molar-refractivity contribution is 0.268. The third kappa shape index (κ3) is 2.14. The topological polar surface area (TPSA) is 57.2 Å². The van der Waals surface area contributed by atoms with E-state index in [9.17, 15) is 5.11 Å². The Morgan fingerprint density at radius 2 is 1.64 bits per heavy atom. The van der Waals surface area contributed by atoms with Crippen LogP contribution in [0.1, 0.15) is 17.0 Å². The Labute approximate surface area is 129 Å². The maximum Gasteiger partial charge on any atom is 0.173 e. The van der Waals surface area contributed by atoms with Crippen LogP contribution in [0.15, 0.2) is 30.3 Å². The second-order valence-corrected chi connectivity index (χ2v) is 4.96. The molecule has 2 aromatic carbocycles. The molecule has 2 aromatic rings. The minimum atomic E-state index is -0.200. The minimum absolute atomic E-state index is 0.0357. The van der Waals surface area contributed by atoms with Crippen molar-refractivity contribution in [3.63, 3.8) is 0 Å². The molecule has 0 saturated heterocycles. The molecule has 5 nitrogen and oxygen atoms in total. The minimum Gasteiger partial charge on any atom is -0.493 e. The summed E-state index contributed by atoms with van der Waals surface area (Å²) < 4.78 is 22.0. The molecule has 1 atom stereocenters. The summed E-state index contributed by atoms with van der Waals surface area (Å²) in [6, 6.07) is 9.26. The van der Waals surface area contributed by atoms with Gasteiger partial charge in [-0.2, -0.15) is 0 Å². The summed E-state index contributed by atoms with van der Waals surface area (Å²) in [6.07, 6.45) is 0. The predicted octanol–water partition coefficient (Wildman–Crippen LogP) is 2.94. The van der Waals surface area contributed by atoms with Crippen molar-refractivity contribution in [3.8, 4) is 28.7 Å².